The van der Waals surface area contributed by atoms with Gasteiger partial charge in [-0.15, -0.1) is 0 Å². The largest absolute Gasteiger partial charge is 0.478 e. The lowest BCUT2D eigenvalue weighted by molar-refractivity contribution is 0.0697. The summed E-state index contributed by atoms with van der Waals surface area (Å²) in [6.45, 7) is 2.69. The monoisotopic (exact) mass is 431 g/mol. The molecular weight excluding hydrogens is 414 g/mol. The van der Waals surface area contributed by atoms with Crippen molar-refractivity contribution in [3.8, 4) is 11.5 Å². The Bertz CT molecular complexity index is 1410. The number of ether oxygens (including phenoxy) is 1. The number of nitrogens with zero attached hydrogens (tertiary/aromatic N) is 4. The SMILES string of the molecule is CCn1c(Nc2nc3ccc(Oc4cccnc4)cc3s2)nc2cc(C(=O)O)ccc21. The zero-order valence-electron chi connectivity index (χ0n) is 16.4. The number of pyridine rings is 1. The lowest BCUT2D eigenvalue weighted by Gasteiger charge is -2.05. The summed E-state index contributed by atoms with van der Waals surface area (Å²) in [6, 6.07) is 14.3. The second kappa shape index (κ2) is 7.69. The van der Waals surface area contributed by atoms with E-state index in [0.717, 1.165) is 15.7 Å². The van der Waals surface area contributed by atoms with E-state index in [4.69, 9.17) is 4.74 Å². The molecule has 0 saturated heterocycles. The number of nitrogens with one attached hydrogen (secondary N) is 1. The standard InChI is InChI=1S/C22H17N5O3S/c1-2-27-18-8-5-13(20(28)29)10-17(18)24-21(27)26-22-25-16-7-6-14(11-19(16)31-22)30-15-4-3-9-23-12-15/h3-12H,2H2,1H3,(H,28,29)(H,24,25,26). The number of carboxylic acid groups (broad SMARTS) is 1. The number of thiazole rings is 1. The highest BCUT2D eigenvalue weighted by Crippen LogP contribution is 2.33. The van der Waals surface area contributed by atoms with Crippen LogP contribution in [0.15, 0.2) is 60.9 Å². The topological polar surface area (TPSA) is 102 Å². The number of aryl methyl sites for hydroxylation is 1. The van der Waals surface area contributed by atoms with Crippen molar-refractivity contribution in [3.63, 3.8) is 0 Å². The maximum Gasteiger partial charge on any atom is 0.335 e. The van der Waals surface area contributed by atoms with Crippen molar-refractivity contribution < 1.29 is 14.6 Å². The molecule has 31 heavy (non-hydrogen) atoms. The molecule has 3 aromatic heterocycles. The molecule has 0 unspecified atom stereocenters. The molecule has 5 aromatic rings. The maximum atomic E-state index is 11.3. The Morgan fingerprint density at radius 2 is 2.03 bits per heavy atom. The number of benzene rings is 2. The van der Waals surface area contributed by atoms with Gasteiger partial charge in [-0.25, -0.2) is 14.8 Å². The van der Waals surface area contributed by atoms with Crippen LogP contribution in [0.4, 0.5) is 11.1 Å². The molecule has 0 fully saturated rings. The van der Waals surface area contributed by atoms with E-state index in [1.54, 1.807) is 30.6 Å². The minimum atomic E-state index is -0.974. The van der Waals surface area contributed by atoms with Gasteiger partial charge in [-0.3, -0.25) is 4.98 Å². The van der Waals surface area contributed by atoms with Crippen LogP contribution in [-0.2, 0) is 6.54 Å². The third-order valence-corrected chi connectivity index (χ3v) is 5.69. The second-order valence-electron chi connectivity index (χ2n) is 6.75. The number of carbonyl (C=O) groups is 1. The first kappa shape index (κ1) is 19.0. The van der Waals surface area contributed by atoms with E-state index in [9.17, 15) is 9.90 Å². The predicted molar refractivity (Wildman–Crippen MR) is 120 cm³/mol. The molecule has 9 heteroatoms. The molecule has 0 aliphatic carbocycles. The van der Waals surface area contributed by atoms with E-state index in [-0.39, 0.29) is 5.56 Å². The Balaban J connectivity index is 1.46. The van der Waals surface area contributed by atoms with Crippen LogP contribution in [0.25, 0.3) is 21.3 Å². The van der Waals surface area contributed by atoms with Gasteiger partial charge in [0.2, 0.25) is 5.95 Å². The fraction of sp³-hybridized carbons (Fsp3) is 0.0909. The van der Waals surface area contributed by atoms with Gasteiger partial charge in [0.05, 0.1) is 33.0 Å². The highest BCUT2D eigenvalue weighted by molar-refractivity contribution is 7.22. The Kier molecular flexibility index (Phi) is 4.72. The molecule has 0 saturated carbocycles. The van der Waals surface area contributed by atoms with E-state index in [1.165, 1.54) is 11.3 Å². The number of aromatic nitrogens is 4. The number of hydrogen-bond acceptors (Lipinski definition) is 7. The first-order valence-electron chi connectivity index (χ1n) is 9.60. The van der Waals surface area contributed by atoms with Crippen molar-refractivity contribution in [1.82, 2.24) is 19.5 Å². The van der Waals surface area contributed by atoms with E-state index < -0.39 is 5.97 Å². The van der Waals surface area contributed by atoms with Gasteiger partial charge in [0, 0.05) is 18.8 Å². The molecule has 2 aromatic carbocycles. The highest BCUT2D eigenvalue weighted by atomic mass is 32.1. The predicted octanol–water partition coefficient (Wildman–Crippen LogP) is 5.30. The average Bonchev–Trinajstić information content (AvgIpc) is 3.33. The summed E-state index contributed by atoms with van der Waals surface area (Å²) in [4.78, 5) is 24.6. The molecule has 0 radical (unpaired) electrons. The van der Waals surface area contributed by atoms with Crippen LogP contribution in [0.2, 0.25) is 0 Å². The molecule has 154 valence electrons. The van der Waals surface area contributed by atoms with Crippen LogP contribution in [-0.4, -0.2) is 30.6 Å². The molecule has 0 atom stereocenters. The molecule has 0 bridgehead atoms. The number of anilines is 2. The molecule has 5 rings (SSSR count). The van der Waals surface area contributed by atoms with Crippen molar-refractivity contribution in [3.05, 3.63) is 66.5 Å². The Morgan fingerprint density at radius 3 is 2.81 bits per heavy atom. The first-order chi connectivity index (χ1) is 15.1. The van der Waals surface area contributed by atoms with Gasteiger partial charge in [0.25, 0.3) is 0 Å². The van der Waals surface area contributed by atoms with Crippen LogP contribution in [0, 0.1) is 0 Å². The summed E-state index contributed by atoms with van der Waals surface area (Å²) in [5.74, 6) is 1.02. The summed E-state index contributed by atoms with van der Waals surface area (Å²) in [7, 11) is 0. The Labute approximate surface area is 180 Å². The fourth-order valence-corrected chi connectivity index (χ4v) is 4.23. The van der Waals surface area contributed by atoms with Crippen LogP contribution in [0.3, 0.4) is 0 Å². The number of rotatable bonds is 6. The molecule has 3 heterocycles. The number of carboxylic acids is 1. The van der Waals surface area contributed by atoms with E-state index in [2.05, 4.69) is 20.3 Å². The quantitative estimate of drug-likeness (QED) is 0.376. The fourth-order valence-electron chi connectivity index (χ4n) is 3.34. The van der Waals surface area contributed by atoms with E-state index in [0.29, 0.717) is 34.6 Å². The van der Waals surface area contributed by atoms with Crippen molar-refractivity contribution in [2.24, 2.45) is 0 Å². The van der Waals surface area contributed by atoms with Crippen LogP contribution in [0.5, 0.6) is 11.5 Å². The Hall–Kier alpha value is -3.98. The summed E-state index contributed by atoms with van der Waals surface area (Å²) in [5, 5.41) is 13.2. The molecule has 8 nitrogen and oxygen atoms in total. The van der Waals surface area contributed by atoms with Gasteiger partial charge < -0.3 is 19.7 Å². The lowest BCUT2D eigenvalue weighted by atomic mass is 10.2. The van der Waals surface area contributed by atoms with Crippen LogP contribution in [0.1, 0.15) is 17.3 Å². The van der Waals surface area contributed by atoms with Crippen molar-refractivity contribution in [1.29, 1.82) is 0 Å². The number of fused-ring (bicyclic) bond motifs is 2. The number of aromatic carboxylic acids is 1. The van der Waals surface area contributed by atoms with Crippen molar-refractivity contribution in [2.45, 2.75) is 13.5 Å². The van der Waals surface area contributed by atoms with E-state index in [1.807, 2.05) is 41.8 Å². The van der Waals surface area contributed by atoms with Crippen LogP contribution < -0.4 is 10.1 Å². The molecule has 2 N–H and O–H groups in total. The van der Waals surface area contributed by atoms with E-state index >= 15 is 0 Å². The van der Waals surface area contributed by atoms with Gasteiger partial charge in [0.15, 0.2) is 5.13 Å². The van der Waals surface area contributed by atoms with Crippen molar-refractivity contribution in [2.75, 3.05) is 5.32 Å². The molecular formula is C22H17N5O3S. The lowest BCUT2D eigenvalue weighted by Crippen LogP contribution is -2.01. The van der Waals surface area contributed by atoms with Crippen LogP contribution >= 0.6 is 11.3 Å². The summed E-state index contributed by atoms with van der Waals surface area (Å²) >= 11 is 1.49. The molecule has 0 amide bonds. The zero-order chi connectivity index (χ0) is 21.4. The minimum Gasteiger partial charge on any atom is -0.478 e. The third-order valence-electron chi connectivity index (χ3n) is 4.76. The smallest absolute Gasteiger partial charge is 0.335 e. The third kappa shape index (κ3) is 3.66. The summed E-state index contributed by atoms with van der Waals surface area (Å²) in [5.41, 5.74) is 2.54. The van der Waals surface area contributed by atoms with Gasteiger partial charge in [-0.1, -0.05) is 11.3 Å². The molecule has 0 aliphatic rings. The molecule has 0 aliphatic heterocycles. The molecule has 0 spiro atoms. The second-order valence-corrected chi connectivity index (χ2v) is 7.78. The number of hydrogen-bond donors (Lipinski definition) is 2. The first-order valence-corrected chi connectivity index (χ1v) is 10.4. The zero-order valence-corrected chi connectivity index (χ0v) is 17.3. The highest BCUT2D eigenvalue weighted by Gasteiger charge is 2.14. The number of imidazole rings is 1. The summed E-state index contributed by atoms with van der Waals surface area (Å²) < 4.78 is 8.81. The van der Waals surface area contributed by atoms with Gasteiger partial charge in [-0.05, 0) is 49.4 Å². The summed E-state index contributed by atoms with van der Waals surface area (Å²) in [6.07, 6.45) is 3.36. The minimum absolute atomic E-state index is 0.209. The van der Waals surface area contributed by atoms with Gasteiger partial charge >= 0.3 is 5.97 Å². The van der Waals surface area contributed by atoms with Crippen molar-refractivity contribution >= 4 is 49.6 Å². The van der Waals surface area contributed by atoms with Gasteiger partial charge in [0.1, 0.15) is 11.5 Å². The normalized spacial score (nSPS) is 11.1. The van der Waals surface area contributed by atoms with Gasteiger partial charge in [-0.2, -0.15) is 0 Å². The average molecular weight is 431 g/mol. The maximum absolute atomic E-state index is 11.3. The Morgan fingerprint density at radius 1 is 1.13 bits per heavy atom.